The van der Waals surface area contributed by atoms with E-state index < -0.39 is 15.4 Å². The largest absolute Gasteiger partial charge is 0.475 e. The predicted molar refractivity (Wildman–Crippen MR) is 80.1 cm³/mol. The third kappa shape index (κ3) is 2.75. The zero-order valence-corrected chi connectivity index (χ0v) is 13.0. The second-order valence-electron chi connectivity index (χ2n) is 5.02. The zero-order chi connectivity index (χ0) is 15.7. The molecule has 1 aliphatic rings. The third-order valence-electron chi connectivity index (χ3n) is 3.81. The van der Waals surface area contributed by atoms with E-state index in [1.807, 2.05) is 13.8 Å². The number of sulfone groups is 1. The predicted octanol–water partition coefficient (Wildman–Crippen LogP) is 1.31. The fraction of sp³-hybridized carbons (Fsp3) is 0.500. The zero-order valence-electron chi connectivity index (χ0n) is 12.2. The van der Waals surface area contributed by atoms with Gasteiger partial charge in [-0.05, 0) is 31.0 Å². The smallest absolute Gasteiger partial charge is 0.268 e. The van der Waals surface area contributed by atoms with Gasteiger partial charge in [0, 0.05) is 6.54 Å². The highest BCUT2D eigenvalue weighted by Crippen LogP contribution is 2.38. The lowest BCUT2D eigenvalue weighted by atomic mass is 9.94. The van der Waals surface area contributed by atoms with Crippen LogP contribution in [0.15, 0.2) is 23.1 Å². The summed E-state index contributed by atoms with van der Waals surface area (Å²) in [5, 5.41) is 2.75. The van der Waals surface area contributed by atoms with Gasteiger partial charge in [-0.15, -0.1) is 0 Å². The Hall–Kier alpha value is -1.60. The molecule has 21 heavy (non-hydrogen) atoms. The molecule has 0 aliphatic carbocycles. The van der Waals surface area contributed by atoms with Crippen LogP contribution in [0.2, 0.25) is 0 Å². The first-order valence-corrected chi connectivity index (χ1v) is 8.61. The Morgan fingerprint density at radius 1 is 1.29 bits per heavy atom. The molecule has 0 fully saturated rings. The number of ether oxygens (including phenoxy) is 1. The molecule has 2 rings (SSSR count). The monoisotopic (exact) mass is 312 g/mol. The van der Waals surface area contributed by atoms with Crippen LogP contribution in [0.4, 0.5) is 5.69 Å². The molecule has 1 aromatic carbocycles. The first-order chi connectivity index (χ1) is 9.88. The molecule has 0 radical (unpaired) electrons. The molecule has 1 amide bonds. The minimum absolute atomic E-state index is 0.0526. The van der Waals surface area contributed by atoms with Crippen LogP contribution in [0.25, 0.3) is 0 Å². The number of nitrogens with two attached hydrogens (primary N) is 1. The van der Waals surface area contributed by atoms with E-state index in [4.69, 9.17) is 10.5 Å². The fourth-order valence-corrected chi connectivity index (χ4v) is 3.49. The van der Waals surface area contributed by atoms with Gasteiger partial charge in [0.1, 0.15) is 5.75 Å². The second-order valence-corrected chi connectivity index (χ2v) is 7.13. The minimum atomic E-state index is -3.43. The van der Waals surface area contributed by atoms with Gasteiger partial charge >= 0.3 is 0 Å². The maximum atomic E-state index is 12.2. The Balaban J connectivity index is 2.41. The van der Waals surface area contributed by atoms with E-state index in [-0.39, 0.29) is 23.1 Å². The molecule has 0 saturated carbocycles. The Morgan fingerprint density at radius 2 is 1.95 bits per heavy atom. The Labute approximate surface area is 124 Å². The Bertz CT molecular complexity index is 651. The number of fused-ring (bicyclic) bond motifs is 1. The Morgan fingerprint density at radius 3 is 2.52 bits per heavy atom. The van der Waals surface area contributed by atoms with Crippen LogP contribution in [0.5, 0.6) is 5.75 Å². The van der Waals surface area contributed by atoms with Crippen molar-refractivity contribution < 1.29 is 17.9 Å². The quantitative estimate of drug-likeness (QED) is 0.854. The van der Waals surface area contributed by atoms with Crippen molar-refractivity contribution >= 4 is 21.4 Å². The van der Waals surface area contributed by atoms with Crippen LogP contribution < -0.4 is 15.8 Å². The summed E-state index contributed by atoms with van der Waals surface area (Å²) >= 11 is 0. The lowest BCUT2D eigenvalue weighted by Crippen LogP contribution is -2.49. The van der Waals surface area contributed by atoms with Crippen LogP contribution >= 0.6 is 0 Å². The fourth-order valence-electron chi connectivity index (χ4n) is 2.37. The van der Waals surface area contributed by atoms with Gasteiger partial charge in [-0.25, -0.2) is 8.42 Å². The number of nitrogens with one attached hydrogen (secondary N) is 1. The molecule has 7 heteroatoms. The molecule has 1 aromatic rings. The highest BCUT2D eigenvalue weighted by Gasteiger charge is 2.41. The molecule has 0 saturated heterocycles. The SMILES string of the molecule is CCC1(CC)Oc2ccc(S(=O)(=O)CCN)cc2NC1=O. The molecule has 6 nitrogen and oxygen atoms in total. The summed E-state index contributed by atoms with van der Waals surface area (Å²) in [6, 6.07) is 4.49. The number of hydrogen-bond acceptors (Lipinski definition) is 5. The Kier molecular flexibility index (Phi) is 4.25. The number of carbonyl (C=O) groups is 1. The summed E-state index contributed by atoms with van der Waals surface area (Å²) in [5.41, 5.74) is 4.81. The number of amides is 1. The van der Waals surface area contributed by atoms with Crippen molar-refractivity contribution in [2.45, 2.75) is 37.2 Å². The van der Waals surface area contributed by atoms with Gasteiger partial charge < -0.3 is 15.8 Å². The third-order valence-corrected chi connectivity index (χ3v) is 5.55. The van der Waals surface area contributed by atoms with Gasteiger partial charge in [-0.3, -0.25) is 4.79 Å². The highest BCUT2D eigenvalue weighted by molar-refractivity contribution is 7.91. The summed E-state index contributed by atoms with van der Waals surface area (Å²) in [6.45, 7) is 3.82. The number of carbonyl (C=O) groups excluding carboxylic acids is 1. The van der Waals surface area contributed by atoms with E-state index in [1.165, 1.54) is 12.1 Å². The maximum Gasteiger partial charge on any atom is 0.268 e. The van der Waals surface area contributed by atoms with Gasteiger partial charge in [0.25, 0.3) is 5.91 Å². The highest BCUT2D eigenvalue weighted by atomic mass is 32.2. The van der Waals surface area contributed by atoms with Gasteiger partial charge in [0.15, 0.2) is 15.4 Å². The standard InChI is InChI=1S/C14H20N2O4S/c1-3-14(4-2)13(17)16-11-9-10(5-6-12(11)20-14)21(18,19)8-7-15/h5-6,9H,3-4,7-8,15H2,1-2H3,(H,16,17). The van der Waals surface area contributed by atoms with Crippen LogP contribution in [0.3, 0.4) is 0 Å². The molecule has 0 spiro atoms. The van der Waals surface area contributed by atoms with Crippen LogP contribution in [0.1, 0.15) is 26.7 Å². The number of rotatable bonds is 5. The molecule has 0 unspecified atom stereocenters. The number of anilines is 1. The second kappa shape index (κ2) is 5.65. The van der Waals surface area contributed by atoms with Crippen LogP contribution in [-0.4, -0.2) is 32.2 Å². The molecule has 3 N–H and O–H groups in total. The topological polar surface area (TPSA) is 98.5 Å². The lowest BCUT2D eigenvalue weighted by Gasteiger charge is -2.36. The van der Waals surface area contributed by atoms with Crippen molar-refractivity contribution in [3.8, 4) is 5.75 Å². The molecular formula is C14H20N2O4S. The maximum absolute atomic E-state index is 12.2. The summed E-state index contributed by atoms with van der Waals surface area (Å²) in [6.07, 6.45) is 1.09. The summed E-state index contributed by atoms with van der Waals surface area (Å²) in [5.74, 6) is 0.118. The van der Waals surface area contributed by atoms with E-state index in [0.29, 0.717) is 24.3 Å². The lowest BCUT2D eigenvalue weighted by molar-refractivity contribution is -0.133. The molecule has 0 bridgehead atoms. The van der Waals surface area contributed by atoms with Crippen molar-refractivity contribution in [1.82, 2.24) is 0 Å². The average molecular weight is 312 g/mol. The van der Waals surface area contributed by atoms with Crippen LogP contribution in [-0.2, 0) is 14.6 Å². The number of hydrogen-bond donors (Lipinski definition) is 2. The van der Waals surface area contributed by atoms with Crippen molar-refractivity contribution in [2.24, 2.45) is 5.73 Å². The van der Waals surface area contributed by atoms with Gasteiger partial charge in [-0.1, -0.05) is 13.8 Å². The summed E-state index contributed by atoms with van der Waals surface area (Å²) in [4.78, 5) is 12.4. The van der Waals surface area contributed by atoms with Crippen molar-refractivity contribution in [2.75, 3.05) is 17.6 Å². The van der Waals surface area contributed by atoms with Gasteiger partial charge in [-0.2, -0.15) is 0 Å². The number of benzene rings is 1. The van der Waals surface area contributed by atoms with E-state index in [0.717, 1.165) is 0 Å². The first kappa shape index (κ1) is 15.8. The molecule has 1 aliphatic heterocycles. The molecule has 1 heterocycles. The minimum Gasteiger partial charge on any atom is -0.475 e. The van der Waals surface area contributed by atoms with E-state index in [1.54, 1.807) is 6.07 Å². The van der Waals surface area contributed by atoms with E-state index in [2.05, 4.69) is 5.32 Å². The first-order valence-electron chi connectivity index (χ1n) is 6.96. The summed E-state index contributed by atoms with van der Waals surface area (Å²) in [7, 11) is -3.43. The molecule has 0 atom stereocenters. The van der Waals surface area contributed by atoms with Crippen LogP contribution in [0, 0.1) is 0 Å². The molecule has 116 valence electrons. The van der Waals surface area contributed by atoms with E-state index in [9.17, 15) is 13.2 Å². The van der Waals surface area contributed by atoms with Gasteiger partial charge in [0.2, 0.25) is 0 Å². The van der Waals surface area contributed by atoms with Crippen molar-refractivity contribution in [1.29, 1.82) is 0 Å². The normalized spacial score (nSPS) is 16.8. The van der Waals surface area contributed by atoms with Gasteiger partial charge in [0.05, 0.1) is 16.3 Å². The van der Waals surface area contributed by atoms with Crippen molar-refractivity contribution in [3.05, 3.63) is 18.2 Å². The summed E-state index contributed by atoms with van der Waals surface area (Å²) < 4.78 is 29.8. The average Bonchev–Trinajstić information content (AvgIpc) is 2.46. The molecule has 0 aromatic heterocycles. The van der Waals surface area contributed by atoms with Crippen molar-refractivity contribution in [3.63, 3.8) is 0 Å². The molecular weight excluding hydrogens is 292 g/mol. The van der Waals surface area contributed by atoms with E-state index >= 15 is 0 Å².